The van der Waals surface area contributed by atoms with E-state index in [1.165, 1.54) is 16.7 Å². The number of benzene rings is 2. The smallest absolute Gasteiger partial charge is 0.246 e. The largest absolute Gasteiger partial charge is 0.493 e. The maximum atomic E-state index is 14.0. The number of aliphatic hydroxyl groups is 1. The zero-order chi connectivity index (χ0) is 28.5. The molecule has 2 aliphatic heterocycles. The lowest BCUT2D eigenvalue weighted by molar-refractivity contribution is -0.138. The Hall–Kier alpha value is -2.83. The minimum Gasteiger partial charge on any atom is -0.493 e. The van der Waals surface area contributed by atoms with Gasteiger partial charge in [0.25, 0.3) is 0 Å². The minimum atomic E-state index is -0.126. The molecule has 3 fully saturated rings. The zero-order valence-corrected chi connectivity index (χ0v) is 24.9. The normalized spacial score (nSPS) is 33.0. The summed E-state index contributed by atoms with van der Waals surface area (Å²) in [6.07, 6.45) is 8.52. The summed E-state index contributed by atoms with van der Waals surface area (Å²) in [4.78, 5) is 18.8. The lowest BCUT2D eigenvalue weighted by Crippen LogP contribution is -2.69. The van der Waals surface area contributed by atoms with E-state index < -0.39 is 0 Å². The van der Waals surface area contributed by atoms with E-state index in [2.05, 4.69) is 60.9 Å². The molecule has 0 aromatic heterocycles. The molecule has 1 saturated heterocycles. The second kappa shape index (κ2) is 10.2. The Bertz CT molecular complexity index is 1370. The molecule has 7 atom stereocenters. The Balaban J connectivity index is 1.26. The SMILES string of the molecule is COc1ccc2c3c1O[C@H]1[C@@H](N(CC(C)C)C(=O)C=Cc4cccc(C)c4)CC[C@H]4[C@@H](C2)N(CC2CC2O)CC[C@@]341. The van der Waals surface area contributed by atoms with Crippen molar-refractivity contribution in [1.82, 2.24) is 9.80 Å². The van der Waals surface area contributed by atoms with Crippen LogP contribution < -0.4 is 9.47 Å². The summed E-state index contributed by atoms with van der Waals surface area (Å²) < 4.78 is 12.9. The molecular formula is C35H44N2O4. The van der Waals surface area contributed by atoms with Crippen LogP contribution in [0.25, 0.3) is 6.08 Å². The van der Waals surface area contributed by atoms with Gasteiger partial charge in [-0.2, -0.15) is 0 Å². The number of ether oxygens (including phenoxy) is 2. The molecule has 1 spiro atoms. The van der Waals surface area contributed by atoms with Crippen LogP contribution in [0.2, 0.25) is 0 Å². The molecule has 2 unspecified atom stereocenters. The van der Waals surface area contributed by atoms with Crippen molar-refractivity contribution in [3.63, 3.8) is 0 Å². The molecule has 2 saturated carbocycles. The first-order valence-electron chi connectivity index (χ1n) is 15.6. The van der Waals surface area contributed by atoms with Crippen molar-refractivity contribution >= 4 is 12.0 Å². The van der Waals surface area contributed by atoms with Crippen molar-refractivity contribution in [1.29, 1.82) is 0 Å². The second-order valence-corrected chi connectivity index (χ2v) is 13.7. The van der Waals surface area contributed by atoms with E-state index in [4.69, 9.17) is 9.47 Å². The number of methoxy groups -OCH3 is 1. The van der Waals surface area contributed by atoms with Crippen LogP contribution in [0.1, 0.15) is 61.8 Å². The molecule has 6 nitrogen and oxygen atoms in total. The van der Waals surface area contributed by atoms with Crippen LogP contribution in [0.15, 0.2) is 42.5 Å². The molecule has 2 aromatic rings. The fourth-order valence-electron chi connectivity index (χ4n) is 8.84. The van der Waals surface area contributed by atoms with Crippen molar-refractivity contribution < 1.29 is 19.4 Å². The van der Waals surface area contributed by atoms with E-state index in [9.17, 15) is 9.90 Å². The van der Waals surface area contributed by atoms with Crippen molar-refractivity contribution in [3.8, 4) is 11.5 Å². The monoisotopic (exact) mass is 556 g/mol. The van der Waals surface area contributed by atoms with Gasteiger partial charge in [0.05, 0.1) is 19.3 Å². The van der Waals surface area contributed by atoms with Gasteiger partial charge in [-0.05, 0) is 80.7 Å². The van der Waals surface area contributed by atoms with Gasteiger partial charge in [0.1, 0.15) is 6.10 Å². The third-order valence-electron chi connectivity index (χ3n) is 10.7. The topological polar surface area (TPSA) is 62.2 Å². The quantitative estimate of drug-likeness (QED) is 0.465. The van der Waals surface area contributed by atoms with Crippen LogP contribution in [0.4, 0.5) is 0 Å². The molecule has 5 aliphatic rings. The first-order chi connectivity index (χ1) is 19.8. The van der Waals surface area contributed by atoms with E-state index in [0.717, 1.165) is 62.3 Å². The predicted octanol–water partition coefficient (Wildman–Crippen LogP) is 4.99. The van der Waals surface area contributed by atoms with Crippen LogP contribution in [0.5, 0.6) is 11.5 Å². The highest BCUT2D eigenvalue weighted by molar-refractivity contribution is 5.92. The Kier molecular flexibility index (Phi) is 6.70. The summed E-state index contributed by atoms with van der Waals surface area (Å²) in [6, 6.07) is 13.1. The summed E-state index contributed by atoms with van der Waals surface area (Å²) in [6.45, 7) is 9.18. The van der Waals surface area contributed by atoms with Gasteiger partial charge in [0.2, 0.25) is 5.91 Å². The van der Waals surface area contributed by atoms with E-state index in [1.54, 1.807) is 13.2 Å². The Labute approximate surface area is 244 Å². The van der Waals surface area contributed by atoms with Gasteiger partial charge >= 0.3 is 0 Å². The zero-order valence-electron chi connectivity index (χ0n) is 24.9. The molecule has 2 bridgehead atoms. The Morgan fingerprint density at radius 1 is 1.27 bits per heavy atom. The minimum absolute atomic E-state index is 0.00354. The van der Waals surface area contributed by atoms with Gasteiger partial charge in [0.15, 0.2) is 11.5 Å². The van der Waals surface area contributed by atoms with Crippen molar-refractivity contribution in [2.24, 2.45) is 17.8 Å². The Morgan fingerprint density at radius 2 is 2.10 bits per heavy atom. The van der Waals surface area contributed by atoms with Crippen molar-refractivity contribution in [2.75, 3.05) is 26.7 Å². The van der Waals surface area contributed by atoms with Crippen LogP contribution >= 0.6 is 0 Å². The summed E-state index contributed by atoms with van der Waals surface area (Å²) in [5.74, 6) is 3.05. The summed E-state index contributed by atoms with van der Waals surface area (Å²) in [5, 5.41) is 10.1. The maximum Gasteiger partial charge on any atom is 0.246 e. The van der Waals surface area contributed by atoms with E-state index >= 15 is 0 Å². The van der Waals surface area contributed by atoms with E-state index in [0.29, 0.717) is 30.3 Å². The summed E-state index contributed by atoms with van der Waals surface area (Å²) >= 11 is 0. The molecular weight excluding hydrogens is 512 g/mol. The molecule has 2 heterocycles. The van der Waals surface area contributed by atoms with Gasteiger partial charge in [-0.3, -0.25) is 9.69 Å². The highest BCUT2D eigenvalue weighted by Gasteiger charge is 2.67. The number of amides is 1. The molecule has 0 radical (unpaired) electrons. The number of rotatable bonds is 8. The van der Waals surface area contributed by atoms with Gasteiger partial charge in [0, 0.05) is 42.1 Å². The van der Waals surface area contributed by atoms with Crippen LogP contribution in [-0.2, 0) is 16.6 Å². The van der Waals surface area contributed by atoms with Gasteiger partial charge < -0.3 is 19.5 Å². The van der Waals surface area contributed by atoms with Gasteiger partial charge in [-0.1, -0.05) is 49.7 Å². The molecule has 7 rings (SSSR count). The number of hydrogen-bond donors (Lipinski definition) is 1. The molecule has 6 heteroatoms. The lowest BCUT2D eigenvalue weighted by Gasteiger charge is -2.60. The molecule has 218 valence electrons. The van der Waals surface area contributed by atoms with Gasteiger partial charge in [-0.15, -0.1) is 0 Å². The number of hydrogen-bond acceptors (Lipinski definition) is 5. The van der Waals surface area contributed by atoms with Crippen molar-refractivity contribution in [2.45, 2.75) is 82.6 Å². The first-order valence-corrected chi connectivity index (χ1v) is 15.6. The first kappa shape index (κ1) is 27.0. The number of carbonyl (C=O) groups is 1. The lowest BCUT2D eigenvalue weighted by atomic mass is 9.51. The molecule has 1 N–H and O–H groups in total. The predicted molar refractivity (Wildman–Crippen MR) is 160 cm³/mol. The number of piperidine rings is 1. The van der Waals surface area contributed by atoms with Gasteiger partial charge in [-0.25, -0.2) is 0 Å². The summed E-state index contributed by atoms with van der Waals surface area (Å²) in [5.41, 5.74) is 4.87. The highest BCUT2D eigenvalue weighted by atomic mass is 16.5. The van der Waals surface area contributed by atoms with Crippen LogP contribution in [0, 0.1) is 24.7 Å². The van der Waals surface area contributed by atoms with Crippen molar-refractivity contribution in [3.05, 3.63) is 64.7 Å². The standard InChI is InChI=1S/C35H44N2O4/c1-21(2)19-37(31(39)13-8-23-7-5-6-22(3)16-23)27-11-10-26-28-17-24-9-12-30(40-4)33-32(24)35(26,34(27)41-33)14-15-36(28)20-25-18-29(25)38/h5-9,12-13,16,21,25-29,34,38H,10-11,14-15,17-20H2,1-4H3/t25?,26-,27-,28+,29?,34-,35-/m0/s1. The highest BCUT2D eigenvalue weighted by Crippen LogP contribution is 2.64. The van der Waals surface area contributed by atoms with E-state index in [-0.39, 0.29) is 29.6 Å². The summed E-state index contributed by atoms with van der Waals surface area (Å²) in [7, 11) is 1.73. The van der Waals surface area contributed by atoms with Crippen LogP contribution in [-0.4, -0.2) is 71.8 Å². The average molecular weight is 557 g/mol. The average Bonchev–Trinajstić information content (AvgIpc) is 3.53. The second-order valence-electron chi connectivity index (χ2n) is 13.7. The Morgan fingerprint density at radius 3 is 2.83 bits per heavy atom. The third-order valence-corrected chi connectivity index (χ3v) is 10.7. The number of carbonyl (C=O) groups excluding carboxylic acids is 1. The number of likely N-dealkylation sites (tertiary alicyclic amines) is 1. The van der Waals surface area contributed by atoms with Crippen LogP contribution in [0.3, 0.4) is 0 Å². The fraction of sp³-hybridized carbons (Fsp3) is 0.571. The third kappa shape index (κ3) is 4.40. The fourth-order valence-corrected chi connectivity index (χ4v) is 8.84. The number of aliphatic hydroxyl groups excluding tert-OH is 1. The number of aryl methyl sites for hydroxylation is 1. The molecule has 2 aromatic carbocycles. The molecule has 1 amide bonds. The molecule has 41 heavy (non-hydrogen) atoms. The molecule has 3 aliphatic carbocycles. The maximum absolute atomic E-state index is 14.0. The number of nitrogens with zero attached hydrogens (tertiary/aromatic N) is 2. The van der Waals surface area contributed by atoms with E-state index in [1.807, 2.05) is 12.1 Å².